The van der Waals surface area contributed by atoms with Gasteiger partial charge in [-0.3, -0.25) is 9.36 Å². The van der Waals surface area contributed by atoms with Crippen LogP contribution in [0, 0.1) is 5.82 Å². The summed E-state index contributed by atoms with van der Waals surface area (Å²) in [7, 11) is 0. The fraction of sp³-hybridized carbons (Fsp3) is 0.286. The van der Waals surface area contributed by atoms with E-state index in [1.807, 2.05) is 0 Å². The maximum atomic E-state index is 13.4. The second-order valence-corrected chi connectivity index (χ2v) is 7.47. The maximum Gasteiger partial charge on any atom is 0.408 e. The molecule has 0 aliphatic rings. The molecule has 0 spiro atoms. The molecule has 0 bridgehead atoms. The van der Waals surface area contributed by atoms with Gasteiger partial charge in [-0.2, -0.15) is 0 Å². The summed E-state index contributed by atoms with van der Waals surface area (Å²) < 4.78 is 20.0. The Morgan fingerprint density at radius 1 is 1.14 bits per heavy atom. The summed E-state index contributed by atoms with van der Waals surface area (Å²) in [6.45, 7) is 7.00. The van der Waals surface area contributed by atoms with Crippen molar-refractivity contribution in [1.29, 1.82) is 0 Å². The fourth-order valence-electron chi connectivity index (χ4n) is 2.83. The van der Waals surface area contributed by atoms with Gasteiger partial charge in [-0.05, 0) is 64.1 Å². The minimum atomic E-state index is -0.656. The number of benzene rings is 2. The van der Waals surface area contributed by atoms with Gasteiger partial charge >= 0.3 is 6.09 Å². The van der Waals surface area contributed by atoms with Crippen LogP contribution in [0.3, 0.4) is 0 Å². The molecule has 0 saturated carbocycles. The predicted octanol–water partition coefficient (Wildman–Crippen LogP) is 4.11. The topological polar surface area (TPSA) is 73.2 Å². The average molecular weight is 383 g/mol. The maximum absolute atomic E-state index is 13.4. The van der Waals surface area contributed by atoms with E-state index in [1.54, 1.807) is 52.0 Å². The predicted molar refractivity (Wildman–Crippen MR) is 105 cm³/mol. The number of halogens is 1. The second kappa shape index (κ2) is 7.42. The number of carbonyl (C=O) groups is 1. The molecule has 0 saturated heterocycles. The standard InChI is InChI=1S/C21H22FN3O3/c1-13(23-20(27)28-21(2,3)4)18-24-17-8-6-5-7-16(17)19(26)25(18)15-11-9-14(22)10-12-15/h5-13H,1-4H3,(H,23,27). The lowest BCUT2D eigenvalue weighted by Crippen LogP contribution is -2.36. The molecule has 146 valence electrons. The number of nitrogens with zero attached hydrogens (tertiary/aromatic N) is 2. The zero-order chi connectivity index (χ0) is 20.5. The van der Waals surface area contributed by atoms with Gasteiger partial charge in [-0.25, -0.2) is 14.2 Å². The van der Waals surface area contributed by atoms with Crippen LogP contribution in [0.5, 0.6) is 0 Å². The number of aromatic nitrogens is 2. The van der Waals surface area contributed by atoms with E-state index in [0.717, 1.165) is 0 Å². The summed E-state index contributed by atoms with van der Waals surface area (Å²) >= 11 is 0. The Morgan fingerprint density at radius 2 is 1.79 bits per heavy atom. The molecule has 0 aliphatic carbocycles. The highest BCUT2D eigenvalue weighted by molar-refractivity contribution is 5.78. The van der Waals surface area contributed by atoms with E-state index in [0.29, 0.717) is 22.4 Å². The summed E-state index contributed by atoms with van der Waals surface area (Å²) in [5.74, 6) is -0.0896. The first-order chi connectivity index (χ1) is 13.2. The smallest absolute Gasteiger partial charge is 0.408 e. The van der Waals surface area contributed by atoms with Crippen LogP contribution in [0.2, 0.25) is 0 Å². The summed E-state index contributed by atoms with van der Waals surface area (Å²) in [4.78, 5) is 29.9. The molecule has 0 fully saturated rings. The Labute approximate surface area is 162 Å². The Morgan fingerprint density at radius 3 is 2.43 bits per heavy atom. The van der Waals surface area contributed by atoms with Gasteiger partial charge in [0.05, 0.1) is 22.6 Å². The third-order valence-electron chi connectivity index (χ3n) is 4.01. The van der Waals surface area contributed by atoms with Crippen molar-refractivity contribution in [1.82, 2.24) is 14.9 Å². The monoisotopic (exact) mass is 383 g/mol. The quantitative estimate of drug-likeness (QED) is 0.739. The number of amides is 1. The van der Waals surface area contributed by atoms with Crippen LogP contribution in [0.15, 0.2) is 53.3 Å². The Bertz CT molecular complexity index is 1070. The number of para-hydroxylation sites is 1. The number of nitrogens with one attached hydrogen (secondary N) is 1. The molecular weight excluding hydrogens is 361 g/mol. The van der Waals surface area contributed by atoms with Crippen molar-refractivity contribution in [2.24, 2.45) is 0 Å². The van der Waals surface area contributed by atoms with Crippen molar-refractivity contribution in [3.63, 3.8) is 0 Å². The van der Waals surface area contributed by atoms with E-state index in [2.05, 4.69) is 10.3 Å². The molecule has 0 aliphatic heterocycles. The minimum Gasteiger partial charge on any atom is -0.444 e. The first kappa shape index (κ1) is 19.5. The first-order valence-corrected chi connectivity index (χ1v) is 8.93. The van der Waals surface area contributed by atoms with Crippen LogP contribution in [0.1, 0.15) is 39.6 Å². The van der Waals surface area contributed by atoms with Crippen molar-refractivity contribution in [3.8, 4) is 5.69 Å². The van der Waals surface area contributed by atoms with Crippen LogP contribution < -0.4 is 10.9 Å². The third kappa shape index (κ3) is 4.19. The van der Waals surface area contributed by atoms with Crippen LogP contribution in [0.4, 0.5) is 9.18 Å². The third-order valence-corrected chi connectivity index (χ3v) is 4.01. The highest BCUT2D eigenvalue weighted by Crippen LogP contribution is 2.19. The molecule has 6 nitrogen and oxygen atoms in total. The summed E-state index contributed by atoms with van der Waals surface area (Å²) in [6.07, 6.45) is -0.618. The van der Waals surface area contributed by atoms with Crippen LogP contribution >= 0.6 is 0 Å². The van der Waals surface area contributed by atoms with Crippen LogP contribution in [0.25, 0.3) is 16.6 Å². The van der Waals surface area contributed by atoms with Crippen molar-refractivity contribution in [3.05, 3.63) is 70.5 Å². The van der Waals surface area contributed by atoms with E-state index < -0.39 is 23.6 Å². The molecule has 1 unspecified atom stereocenters. The number of hydrogen-bond acceptors (Lipinski definition) is 4. The zero-order valence-electron chi connectivity index (χ0n) is 16.2. The Hall–Kier alpha value is -3.22. The molecule has 2 aromatic carbocycles. The molecule has 0 radical (unpaired) electrons. The minimum absolute atomic E-state index is 0.301. The van der Waals surface area contributed by atoms with Gasteiger partial charge in [0, 0.05) is 0 Å². The molecule has 7 heteroatoms. The van der Waals surface area contributed by atoms with Crippen molar-refractivity contribution in [2.45, 2.75) is 39.3 Å². The van der Waals surface area contributed by atoms with Crippen molar-refractivity contribution >= 4 is 17.0 Å². The lowest BCUT2D eigenvalue weighted by atomic mass is 10.2. The molecule has 3 aromatic rings. The Kier molecular flexibility index (Phi) is 5.18. The Balaban J connectivity index is 2.12. The van der Waals surface area contributed by atoms with Crippen LogP contribution in [-0.4, -0.2) is 21.2 Å². The first-order valence-electron chi connectivity index (χ1n) is 8.93. The normalized spacial score (nSPS) is 12.6. The largest absolute Gasteiger partial charge is 0.444 e. The van der Waals surface area contributed by atoms with Crippen molar-refractivity contribution in [2.75, 3.05) is 0 Å². The molecule has 28 heavy (non-hydrogen) atoms. The van der Waals surface area contributed by atoms with E-state index >= 15 is 0 Å². The number of ether oxygens (including phenoxy) is 1. The van der Waals surface area contributed by atoms with E-state index in [4.69, 9.17) is 4.74 Å². The summed E-state index contributed by atoms with van der Waals surface area (Å²) in [5.41, 5.74) is 0.0123. The van der Waals surface area contributed by atoms with Gasteiger partial charge in [0.15, 0.2) is 0 Å². The van der Waals surface area contributed by atoms with E-state index in [9.17, 15) is 14.0 Å². The molecular formula is C21H22FN3O3. The van der Waals surface area contributed by atoms with Gasteiger partial charge in [0.1, 0.15) is 17.2 Å². The molecule has 1 heterocycles. The van der Waals surface area contributed by atoms with Gasteiger partial charge in [0.2, 0.25) is 0 Å². The second-order valence-electron chi connectivity index (χ2n) is 7.47. The van der Waals surface area contributed by atoms with E-state index in [-0.39, 0.29) is 5.56 Å². The summed E-state index contributed by atoms with van der Waals surface area (Å²) in [6, 6.07) is 11.9. The van der Waals surface area contributed by atoms with Crippen LogP contribution in [-0.2, 0) is 4.74 Å². The fourth-order valence-corrected chi connectivity index (χ4v) is 2.83. The lowest BCUT2D eigenvalue weighted by Gasteiger charge is -2.23. The summed E-state index contributed by atoms with van der Waals surface area (Å²) in [5, 5.41) is 3.14. The van der Waals surface area contributed by atoms with Gasteiger partial charge in [-0.1, -0.05) is 12.1 Å². The molecule has 1 aromatic heterocycles. The van der Waals surface area contributed by atoms with Gasteiger partial charge in [-0.15, -0.1) is 0 Å². The number of fused-ring (bicyclic) bond motifs is 1. The number of rotatable bonds is 3. The molecule has 1 atom stereocenters. The van der Waals surface area contributed by atoms with Crippen molar-refractivity contribution < 1.29 is 13.9 Å². The number of hydrogen-bond donors (Lipinski definition) is 1. The number of carbonyl (C=O) groups excluding carboxylic acids is 1. The zero-order valence-corrected chi connectivity index (χ0v) is 16.2. The SMILES string of the molecule is CC(NC(=O)OC(C)(C)C)c1nc2ccccc2c(=O)n1-c1ccc(F)cc1. The highest BCUT2D eigenvalue weighted by Gasteiger charge is 2.22. The number of alkyl carbamates (subject to hydrolysis) is 1. The average Bonchev–Trinajstić information content (AvgIpc) is 2.61. The molecule has 1 amide bonds. The molecule has 1 N–H and O–H groups in total. The van der Waals surface area contributed by atoms with Gasteiger partial charge in [0.25, 0.3) is 5.56 Å². The lowest BCUT2D eigenvalue weighted by molar-refractivity contribution is 0.0505. The van der Waals surface area contributed by atoms with Gasteiger partial charge < -0.3 is 10.1 Å². The molecule has 3 rings (SSSR count). The van der Waals surface area contributed by atoms with E-state index in [1.165, 1.54) is 28.8 Å². The highest BCUT2D eigenvalue weighted by atomic mass is 19.1.